The number of ether oxygens (including phenoxy) is 5. The molecular weight excluding hydrogens is 803 g/mol. The summed E-state index contributed by atoms with van der Waals surface area (Å²) in [5.74, 6) is -1.71. The quantitative estimate of drug-likeness (QED) is 0.0712. The minimum absolute atomic E-state index is 0.164. The highest BCUT2D eigenvalue weighted by Crippen LogP contribution is 2.53. The van der Waals surface area contributed by atoms with Crippen LogP contribution in [0.25, 0.3) is 0 Å². The van der Waals surface area contributed by atoms with Crippen LogP contribution in [0.3, 0.4) is 0 Å². The van der Waals surface area contributed by atoms with Crippen LogP contribution in [-0.2, 0) is 71.7 Å². The van der Waals surface area contributed by atoms with Gasteiger partial charge in [0, 0.05) is 24.1 Å². The molecule has 2 aliphatic rings. The summed E-state index contributed by atoms with van der Waals surface area (Å²) in [7, 11) is 0. The van der Waals surface area contributed by atoms with Gasteiger partial charge in [0.15, 0.2) is 0 Å². The van der Waals surface area contributed by atoms with E-state index in [4.69, 9.17) is 29.4 Å². The normalized spacial score (nSPS) is 22.0. The van der Waals surface area contributed by atoms with E-state index in [1.54, 1.807) is 13.8 Å². The van der Waals surface area contributed by atoms with Crippen LogP contribution in [0, 0.1) is 6.92 Å². The zero-order chi connectivity index (χ0) is 45.4. The van der Waals surface area contributed by atoms with Crippen molar-refractivity contribution in [1.29, 1.82) is 0 Å². The molecule has 64 heavy (non-hydrogen) atoms. The van der Waals surface area contributed by atoms with E-state index in [1.165, 1.54) is 0 Å². The first-order chi connectivity index (χ1) is 30.7. The Morgan fingerprint density at radius 1 is 0.703 bits per heavy atom. The zero-order valence-corrected chi connectivity index (χ0v) is 38.2. The van der Waals surface area contributed by atoms with Crippen molar-refractivity contribution in [3.63, 3.8) is 0 Å². The van der Waals surface area contributed by atoms with Crippen LogP contribution in [0.1, 0.15) is 92.0 Å². The fourth-order valence-electron chi connectivity index (χ4n) is 8.46. The number of nitrogens with two attached hydrogens (primary N) is 1. The molecule has 0 aliphatic carbocycles. The second kappa shape index (κ2) is 20.3. The van der Waals surface area contributed by atoms with Crippen molar-refractivity contribution in [3.05, 3.63) is 178 Å². The van der Waals surface area contributed by atoms with Gasteiger partial charge in [-0.3, -0.25) is 9.59 Å². The third-order valence-corrected chi connectivity index (χ3v) is 12.4. The maximum atomic E-state index is 12.9. The Kier molecular flexibility index (Phi) is 14.9. The molecule has 2 heterocycles. The molecule has 0 unspecified atom stereocenters. The van der Waals surface area contributed by atoms with E-state index in [9.17, 15) is 9.59 Å². The number of carbonyl (C=O) groups excluding carboxylic acids is 2. The summed E-state index contributed by atoms with van der Waals surface area (Å²) >= 11 is 0. The average Bonchev–Trinajstić information content (AvgIpc) is 3.61. The molecule has 2 bridgehead atoms. The number of fused-ring (bicyclic) bond motifs is 2. The number of carbonyl (C=O) groups is 2. The molecule has 0 saturated carbocycles. The lowest BCUT2D eigenvalue weighted by molar-refractivity contribution is -0.346. The molecule has 2 amide bonds. The second-order valence-electron chi connectivity index (χ2n) is 18.8. The van der Waals surface area contributed by atoms with Crippen molar-refractivity contribution in [2.45, 2.75) is 128 Å². The van der Waals surface area contributed by atoms with Crippen LogP contribution < -0.4 is 16.4 Å². The van der Waals surface area contributed by atoms with Crippen molar-refractivity contribution in [3.8, 4) is 0 Å². The minimum Gasteiger partial charge on any atom is -0.368 e. The summed E-state index contributed by atoms with van der Waals surface area (Å²) in [5, 5.41) is 5.80. The van der Waals surface area contributed by atoms with Gasteiger partial charge >= 0.3 is 0 Å². The summed E-state index contributed by atoms with van der Waals surface area (Å²) in [4.78, 5) is 25.7. The van der Waals surface area contributed by atoms with Crippen LogP contribution in [0.2, 0.25) is 0 Å². The predicted octanol–water partition coefficient (Wildman–Crippen LogP) is 8.38. The van der Waals surface area contributed by atoms with Gasteiger partial charge in [0.05, 0.1) is 26.4 Å². The molecule has 10 nitrogen and oxygen atoms in total. The molecule has 0 aromatic heterocycles. The molecule has 0 spiro atoms. The van der Waals surface area contributed by atoms with Crippen molar-refractivity contribution in [2.75, 3.05) is 13.2 Å². The van der Waals surface area contributed by atoms with Crippen molar-refractivity contribution < 1.29 is 33.3 Å². The van der Waals surface area contributed by atoms with Crippen LogP contribution in [0.15, 0.2) is 133 Å². The Hall–Kier alpha value is -5.20. The first-order valence-electron chi connectivity index (χ1n) is 22.5. The molecule has 2 saturated heterocycles. The number of hydrogen-bond acceptors (Lipinski definition) is 8. The van der Waals surface area contributed by atoms with Crippen molar-refractivity contribution in [1.82, 2.24) is 10.6 Å². The predicted molar refractivity (Wildman–Crippen MR) is 249 cm³/mol. The van der Waals surface area contributed by atoms with E-state index >= 15 is 0 Å². The molecule has 7 rings (SSSR count). The number of benzene rings is 5. The Morgan fingerprint density at radius 2 is 1.25 bits per heavy atom. The van der Waals surface area contributed by atoms with Gasteiger partial charge in [-0.15, -0.1) is 0 Å². The fraction of sp³-hybridized carbons (Fsp3) is 0.407. The van der Waals surface area contributed by atoms with Crippen LogP contribution in [0.5, 0.6) is 0 Å². The Balaban J connectivity index is 1.09. The molecule has 5 atom stereocenters. The molecule has 4 N–H and O–H groups in total. The highest BCUT2D eigenvalue weighted by Gasteiger charge is 2.67. The number of aryl methyl sites for hydroxylation is 2. The van der Waals surface area contributed by atoms with Gasteiger partial charge < -0.3 is 40.1 Å². The lowest BCUT2D eigenvalue weighted by atomic mass is 9.83. The van der Waals surface area contributed by atoms with Gasteiger partial charge in [0.1, 0.15) is 29.5 Å². The summed E-state index contributed by atoms with van der Waals surface area (Å²) in [6.07, 6.45) is 0.621. The van der Waals surface area contributed by atoms with E-state index in [0.29, 0.717) is 45.6 Å². The Labute approximate surface area is 379 Å². The molecule has 5 aromatic carbocycles. The number of nitrogens with one attached hydrogen (secondary N) is 2. The SMILES string of the molecule is Cc1ccc([C@]23OC[C@](C)(O2)[C@@H](OCc2ccccc2)[C@H](OCc2ccccc2)[C@H]3OCc2ccccc2)cc1Cc1ccc(CCCC(=O)NC(C)(C)C(=O)NC(C)(C)CN)cc1. The van der Waals surface area contributed by atoms with E-state index < -0.39 is 40.8 Å². The van der Waals surface area contributed by atoms with Gasteiger partial charge in [-0.05, 0) is 106 Å². The first kappa shape index (κ1) is 46.8. The topological polar surface area (TPSA) is 130 Å². The van der Waals surface area contributed by atoms with Crippen LogP contribution in [0.4, 0.5) is 0 Å². The molecule has 2 aliphatic heterocycles. The van der Waals surface area contributed by atoms with Gasteiger partial charge in [0.25, 0.3) is 0 Å². The maximum Gasteiger partial charge on any atom is 0.245 e. The lowest BCUT2D eigenvalue weighted by Gasteiger charge is -2.50. The van der Waals surface area contributed by atoms with E-state index in [0.717, 1.165) is 50.9 Å². The lowest BCUT2D eigenvalue weighted by Crippen LogP contribution is -2.65. The Morgan fingerprint density at radius 3 is 1.83 bits per heavy atom. The molecule has 2 fully saturated rings. The highest BCUT2D eigenvalue weighted by molar-refractivity contribution is 5.91. The number of amides is 2. The summed E-state index contributed by atoms with van der Waals surface area (Å²) in [6.45, 7) is 13.0. The maximum absolute atomic E-state index is 12.9. The first-order valence-corrected chi connectivity index (χ1v) is 22.5. The van der Waals surface area contributed by atoms with Crippen molar-refractivity contribution in [2.24, 2.45) is 5.73 Å². The van der Waals surface area contributed by atoms with E-state index in [-0.39, 0.29) is 18.4 Å². The van der Waals surface area contributed by atoms with Gasteiger partial charge in [-0.1, -0.05) is 127 Å². The average molecular weight is 868 g/mol. The number of hydrogen-bond donors (Lipinski definition) is 3. The highest BCUT2D eigenvalue weighted by atomic mass is 16.8. The van der Waals surface area contributed by atoms with Gasteiger partial charge in [-0.25, -0.2) is 0 Å². The number of rotatable bonds is 20. The third-order valence-electron chi connectivity index (χ3n) is 12.4. The Bertz CT molecular complexity index is 2300. The van der Waals surface area contributed by atoms with Crippen molar-refractivity contribution >= 4 is 11.8 Å². The van der Waals surface area contributed by atoms with Gasteiger partial charge in [0.2, 0.25) is 17.6 Å². The largest absolute Gasteiger partial charge is 0.368 e. The third kappa shape index (κ3) is 11.4. The van der Waals surface area contributed by atoms with E-state index in [1.807, 2.05) is 68.4 Å². The van der Waals surface area contributed by atoms with Crippen LogP contribution in [-0.4, -0.2) is 60.0 Å². The van der Waals surface area contributed by atoms with Gasteiger partial charge in [-0.2, -0.15) is 0 Å². The van der Waals surface area contributed by atoms with E-state index in [2.05, 4.69) is 103 Å². The summed E-state index contributed by atoms with van der Waals surface area (Å²) in [6, 6.07) is 45.5. The molecule has 338 valence electrons. The standard InChI is InChI=1S/C54H65N3O7/c1-38-25-30-45(32-44(38)31-40-28-26-39(27-29-40)23-16-24-46(58)56-52(4,5)50(59)57-51(2,3)36-55)54-49(62-35-43-21-14-9-15-22-43)47(60-33-41-17-10-7-11-18-41)48(53(6,64-54)37-63-54)61-34-42-19-12-8-13-20-42/h7-15,17-22,25-30,32,47-49H,16,23-24,31,33-37,55H2,1-6H3,(H,56,58)(H,57,59)/t47-,48-,49+,53-,54-/m0/s1. The molecule has 5 aromatic rings. The summed E-state index contributed by atoms with van der Waals surface area (Å²) < 4.78 is 34.9. The molecular formula is C54H65N3O7. The fourth-order valence-corrected chi connectivity index (χ4v) is 8.46. The second-order valence-corrected chi connectivity index (χ2v) is 18.8. The monoisotopic (exact) mass is 867 g/mol. The molecule has 10 heteroatoms. The molecule has 0 radical (unpaired) electrons. The summed E-state index contributed by atoms with van der Waals surface area (Å²) in [5.41, 5.74) is 11.9. The van der Waals surface area contributed by atoms with Crippen LogP contribution >= 0.6 is 0 Å². The zero-order valence-electron chi connectivity index (χ0n) is 38.2. The minimum atomic E-state index is -1.28. The smallest absolute Gasteiger partial charge is 0.245 e.